The van der Waals surface area contributed by atoms with Crippen LogP contribution in [-0.4, -0.2) is 28.2 Å². The molecule has 4 rings (SSSR count). The van der Waals surface area contributed by atoms with E-state index in [2.05, 4.69) is 5.10 Å². The normalized spacial score (nSPS) is 16.0. The molecule has 10 heteroatoms. The van der Waals surface area contributed by atoms with E-state index in [0.29, 0.717) is 23.7 Å². The van der Waals surface area contributed by atoms with Crippen LogP contribution in [-0.2, 0) is 4.79 Å². The second kappa shape index (κ2) is 7.58. The van der Waals surface area contributed by atoms with Crippen LogP contribution in [0, 0.1) is 15.9 Å². The highest BCUT2D eigenvalue weighted by Crippen LogP contribution is 2.33. The Balaban J connectivity index is 1.56. The molecule has 1 unspecified atom stereocenters. The van der Waals surface area contributed by atoms with Crippen LogP contribution >= 0.6 is 0 Å². The maximum atomic E-state index is 13.4. The topological polar surface area (TPSA) is 111 Å². The first kappa shape index (κ1) is 18.4. The number of hydrazone groups is 1. The number of furan rings is 2. The van der Waals surface area contributed by atoms with Crippen LogP contribution in [0.15, 0.2) is 68.9 Å². The molecule has 0 fully saturated rings. The third kappa shape index (κ3) is 3.72. The minimum atomic E-state index is -0.717. The van der Waals surface area contributed by atoms with Crippen molar-refractivity contribution in [1.29, 1.82) is 0 Å². The summed E-state index contributed by atoms with van der Waals surface area (Å²) < 4.78 is 29.5. The standard InChI is InChI=1S/C19H14FN3O6/c20-12-5-6-14(23(25)26)18(9-12)29-11-19(24)22-15(17-4-2-8-28-17)10-13(21-22)16-3-1-7-27-16/h1-9,15H,10-11H2. The fourth-order valence-corrected chi connectivity index (χ4v) is 2.99. The average molecular weight is 399 g/mol. The maximum Gasteiger partial charge on any atom is 0.311 e. The Morgan fingerprint density at radius 2 is 2.07 bits per heavy atom. The summed E-state index contributed by atoms with van der Waals surface area (Å²) in [5.41, 5.74) is 0.101. The number of nitrogens with zero attached hydrogens (tertiary/aromatic N) is 3. The van der Waals surface area contributed by atoms with Gasteiger partial charge in [-0.3, -0.25) is 14.9 Å². The van der Waals surface area contributed by atoms with Crippen LogP contribution in [0.1, 0.15) is 24.0 Å². The first-order valence-electron chi connectivity index (χ1n) is 8.56. The van der Waals surface area contributed by atoms with E-state index < -0.39 is 35.0 Å². The number of carbonyl (C=O) groups excluding carboxylic acids is 1. The smallest absolute Gasteiger partial charge is 0.311 e. The highest BCUT2D eigenvalue weighted by Gasteiger charge is 2.36. The van der Waals surface area contributed by atoms with Gasteiger partial charge in [-0.25, -0.2) is 9.40 Å². The molecule has 0 radical (unpaired) electrons. The van der Waals surface area contributed by atoms with Gasteiger partial charge in [-0.1, -0.05) is 0 Å². The molecule has 1 aliphatic rings. The van der Waals surface area contributed by atoms with E-state index >= 15 is 0 Å². The van der Waals surface area contributed by atoms with Crippen molar-refractivity contribution in [2.75, 3.05) is 6.61 Å². The summed E-state index contributed by atoms with van der Waals surface area (Å²) in [6.07, 6.45) is 3.33. The molecule has 3 heterocycles. The van der Waals surface area contributed by atoms with Crippen molar-refractivity contribution in [3.8, 4) is 5.75 Å². The van der Waals surface area contributed by atoms with Crippen molar-refractivity contribution in [1.82, 2.24) is 5.01 Å². The zero-order valence-corrected chi connectivity index (χ0v) is 14.9. The number of nitro groups is 1. The molecule has 0 bridgehead atoms. The van der Waals surface area contributed by atoms with E-state index in [9.17, 15) is 19.3 Å². The summed E-state index contributed by atoms with van der Waals surface area (Å²) in [4.78, 5) is 23.1. The van der Waals surface area contributed by atoms with E-state index in [0.717, 1.165) is 18.2 Å². The molecule has 0 spiro atoms. The summed E-state index contributed by atoms with van der Waals surface area (Å²) in [5, 5.41) is 16.6. The van der Waals surface area contributed by atoms with Gasteiger partial charge in [-0.2, -0.15) is 5.10 Å². The molecule has 9 nitrogen and oxygen atoms in total. The molecule has 148 valence electrons. The van der Waals surface area contributed by atoms with E-state index in [1.54, 1.807) is 24.3 Å². The SMILES string of the molecule is O=C(COc1cc(F)ccc1[N+](=O)[O-])N1N=C(c2ccco2)CC1c1ccco1. The lowest BCUT2D eigenvalue weighted by atomic mass is 10.1. The van der Waals surface area contributed by atoms with Gasteiger partial charge in [-0.15, -0.1) is 0 Å². The van der Waals surface area contributed by atoms with Crippen molar-refractivity contribution < 1.29 is 27.7 Å². The van der Waals surface area contributed by atoms with Crippen molar-refractivity contribution in [2.24, 2.45) is 5.10 Å². The van der Waals surface area contributed by atoms with Gasteiger partial charge in [0.25, 0.3) is 5.91 Å². The molecule has 1 aromatic carbocycles. The van der Waals surface area contributed by atoms with E-state index in [-0.39, 0.29) is 5.75 Å². The van der Waals surface area contributed by atoms with Gasteiger partial charge in [0.05, 0.1) is 17.4 Å². The third-order valence-corrected chi connectivity index (χ3v) is 4.31. The Labute approximate surface area is 163 Å². The van der Waals surface area contributed by atoms with Gasteiger partial charge in [0.1, 0.15) is 29.1 Å². The molecule has 1 aliphatic heterocycles. The molecule has 0 saturated carbocycles. The number of ether oxygens (including phenoxy) is 1. The fourth-order valence-electron chi connectivity index (χ4n) is 2.99. The number of rotatable bonds is 6. The lowest BCUT2D eigenvalue weighted by Gasteiger charge is -2.19. The Morgan fingerprint density at radius 1 is 1.28 bits per heavy atom. The second-order valence-electron chi connectivity index (χ2n) is 6.16. The number of hydrogen-bond donors (Lipinski definition) is 0. The Hall–Kier alpha value is -3.95. The second-order valence-corrected chi connectivity index (χ2v) is 6.16. The molecule has 1 amide bonds. The van der Waals surface area contributed by atoms with Crippen LogP contribution in [0.4, 0.5) is 10.1 Å². The first-order valence-corrected chi connectivity index (χ1v) is 8.56. The lowest BCUT2D eigenvalue weighted by Crippen LogP contribution is -2.31. The summed E-state index contributed by atoms with van der Waals surface area (Å²) >= 11 is 0. The van der Waals surface area contributed by atoms with E-state index in [4.69, 9.17) is 13.6 Å². The monoisotopic (exact) mass is 399 g/mol. The van der Waals surface area contributed by atoms with Crippen LogP contribution in [0.5, 0.6) is 5.75 Å². The largest absolute Gasteiger partial charge is 0.477 e. The molecule has 3 aromatic rings. The zero-order chi connectivity index (χ0) is 20.4. The van der Waals surface area contributed by atoms with Crippen molar-refractivity contribution in [3.05, 3.63) is 82.4 Å². The highest BCUT2D eigenvalue weighted by atomic mass is 19.1. The van der Waals surface area contributed by atoms with Crippen molar-refractivity contribution >= 4 is 17.3 Å². The molecule has 1 atom stereocenters. The zero-order valence-electron chi connectivity index (χ0n) is 14.9. The molecule has 0 N–H and O–H groups in total. The Bertz CT molecular complexity index is 1060. The highest BCUT2D eigenvalue weighted by molar-refractivity contribution is 6.01. The van der Waals surface area contributed by atoms with Gasteiger partial charge >= 0.3 is 5.69 Å². The third-order valence-electron chi connectivity index (χ3n) is 4.31. The van der Waals surface area contributed by atoms with E-state index in [1.165, 1.54) is 17.5 Å². The lowest BCUT2D eigenvalue weighted by molar-refractivity contribution is -0.385. The Morgan fingerprint density at radius 3 is 2.76 bits per heavy atom. The van der Waals surface area contributed by atoms with Crippen molar-refractivity contribution in [3.63, 3.8) is 0 Å². The summed E-state index contributed by atoms with van der Waals surface area (Å²) in [6.45, 7) is -0.573. The van der Waals surface area contributed by atoms with Crippen LogP contribution in [0.25, 0.3) is 0 Å². The Kier molecular flexibility index (Phi) is 4.82. The van der Waals surface area contributed by atoms with Gasteiger partial charge in [0.2, 0.25) is 5.75 Å². The quantitative estimate of drug-likeness (QED) is 0.462. The van der Waals surface area contributed by atoms with Crippen LogP contribution in [0.2, 0.25) is 0 Å². The van der Waals surface area contributed by atoms with Gasteiger partial charge in [0, 0.05) is 18.6 Å². The van der Waals surface area contributed by atoms with Crippen molar-refractivity contribution in [2.45, 2.75) is 12.5 Å². The summed E-state index contributed by atoms with van der Waals surface area (Å²) in [7, 11) is 0. The van der Waals surface area contributed by atoms with Gasteiger partial charge in [-0.05, 0) is 30.3 Å². The number of hydrogen-bond acceptors (Lipinski definition) is 7. The molecular weight excluding hydrogens is 385 g/mol. The number of halogens is 1. The first-order chi connectivity index (χ1) is 14.0. The predicted octanol–water partition coefficient (Wildman–Crippen LogP) is 3.68. The van der Waals surface area contributed by atoms with Gasteiger partial charge in [0.15, 0.2) is 6.61 Å². The predicted molar refractivity (Wildman–Crippen MR) is 96.7 cm³/mol. The minimum Gasteiger partial charge on any atom is -0.477 e. The molecule has 29 heavy (non-hydrogen) atoms. The molecule has 2 aromatic heterocycles. The minimum absolute atomic E-state index is 0.340. The number of nitro benzene ring substituents is 1. The number of benzene rings is 1. The molecular formula is C19H14FN3O6. The number of carbonyl (C=O) groups is 1. The van der Waals surface area contributed by atoms with Gasteiger partial charge < -0.3 is 13.6 Å². The maximum absolute atomic E-state index is 13.4. The number of amides is 1. The average Bonchev–Trinajstić information content (AvgIpc) is 3.46. The molecule has 0 aliphatic carbocycles. The van der Waals surface area contributed by atoms with Crippen LogP contribution < -0.4 is 4.74 Å². The fraction of sp³-hybridized carbons (Fsp3) is 0.158. The molecule has 0 saturated heterocycles. The van der Waals surface area contributed by atoms with Crippen LogP contribution in [0.3, 0.4) is 0 Å². The summed E-state index contributed by atoms with van der Waals surface area (Å²) in [5.74, 6) is -0.608. The van der Waals surface area contributed by atoms with E-state index in [1.807, 2.05) is 0 Å². The summed E-state index contributed by atoms with van der Waals surface area (Å²) in [6, 6.07) is 9.08.